The molecular formula is C45H42N4SSi. The van der Waals surface area contributed by atoms with Crippen LogP contribution in [-0.2, 0) is 5.41 Å². The molecule has 1 unspecified atom stereocenters. The Morgan fingerprint density at radius 1 is 0.745 bits per heavy atom. The van der Waals surface area contributed by atoms with Crippen molar-refractivity contribution in [1.82, 2.24) is 18.9 Å². The van der Waals surface area contributed by atoms with E-state index in [-0.39, 0.29) is 22.3 Å². The van der Waals surface area contributed by atoms with Crippen molar-refractivity contribution >= 4 is 58.1 Å². The van der Waals surface area contributed by atoms with E-state index in [0.29, 0.717) is 22.1 Å². The molecule has 51 heavy (non-hydrogen) atoms. The molecule has 0 saturated carbocycles. The second kappa shape index (κ2) is 11.3. The number of nitrogens with zero attached hydrogens (tertiary/aromatic N) is 4. The summed E-state index contributed by atoms with van der Waals surface area (Å²) in [6.07, 6.45) is 1.68. The molecular weight excluding hydrogens is 657 g/mol. The van der Waals surface area contributed by atoms with Crippen LogP contribution < -0.4 is 10.4 Å². The van der Waals surface area contributed by atoms with E-state index in [4.69, 9.17) is 22.3 Å². The number of pyridine rings is 1. The maximum atomic E-state index is 8.92. The highest BCUT2D eigenvalue weighted by atomic mass is 32.2. The van der Waals surface area contributed by atoms with Crippen LogP contribution in [0.5, 0.6) is 0 Å². The first kappa shape index (κ1) is 23.5. The van der Waals surface area contributed by atoms with Crippen LogP contribution >= 0.6 is 11.8 Å². The molecule has 1 aliphatic rings. The molecule has 0 bridgehead atoms. The smallest absolute Gasteiger partial charge is 0.220 e. The van der Waals surface area contributed by atoms with Crippen molar-refractivity contribution in [2.24, 2.45) is 0 Å². The Morgan fingerprint density at radius 2 is 1.51 bits per heavy atom. The van der Waals surface area contributed by atoms with E-state index in [2.05, 4.69) is 25.2 Å². The highest BCUT2D eigenvalue weighted by Gasteiger charge is 2.38. The summed E-state index contributed by atoms with van der Waals surface area (Å²) in [4.78, 5) is 10.6. The lowest BCUT2D eigenvalue weighted by molar-refractivity contribution is 0.591. The minimum atomic E-state index is -3.44. The number of aryl methyl sites for hydroxylation is 3. The summed E-state index contributed by atoms with van der Waals surface area (Å²) in [5, 5.41) is 2.15. The zero-order chi connectivity index (χ0) is 42.9. The quantitative estimate of drug-likeness (QED) is 0.172. The van der Waals surface area contributed by atoms with Crippen LogP contribution in [0.15, 0.2) is 119 Å². The van der Waals surface area contributed by atoms with E-state index >= 15 is 0 Å². The Bertz CT molecular complexity index is 3060. The molecule has 0 amide bonds. The molecule has 0 fully saturated rings. The highest BCUT2D eigenvalue weighted by Crippen LogP contribution is 2.45. The fourth-order valence-corrected chi connectivity index (χ4v) is 12.5. The number of imidazole rings is 2. The van der Waals surface area contributed by atoms with Gasteiger partial charge in [-0.05, 0) is 123 Å². The molecule has 0 saturated heterocycles. The van der Waals surface area contributed by atoms with Gasteiger partial charge in [-0.15, -0.1) is 0 Å². The molecule has 252 valence electrons. The molecule has 1 atom stereocenters. The first-order valence-electron chi connectivity index (χ1n) is 21.6. The van der Waals surface area contributed by atoms with Gasteiger partial charge in [0.05, 0.1) is 22.1 Å². The van der Waals surface area contributed by atoms with E-state index in [0.717, 1.165) is 54.0 Å². The molecule has 8 aromatic rings. The number of rotatable bonds is 3. The first-order valence-corrected chi connectivity index (χ1v) is 20.4. The van der Waals surface area contributed by atoms with Crippen LogP contribution in [0, 0.1) is 20.6 Å². The Labute approximate surface area is 317 Å². The van der Waals surface area contributed by atoms with Crippen molar-refractivity contribution < 1.29 is 12.3 Å². The van der Waals surface area contributed by atoms with Crippen LogP contribution in [0.25, 0.3) is 55.8 Å². The van der Waals surface area contributed by atoms with Gasteiger partial charge < -0.3 is 0 Å². The first-order chi connectivity index (χ1) is 28.1. The van der Waals surface area contributed by atoms with Gasteiger partial charge in [-0.25, -0.2) is 9.97 Å². The molecule has 0 spiro atoms. The zero-order valence-electron chi connectivity index (χ0n) is 38.1. The Morgan fingerprint density at radius 3 is 2.29 bits per heavy atom. The van der Waals surface area contributed by atoms with E-state index in [1.807, 2.05) is 78.7 Å². The van der Waals surface area contributed by atoms with Gasteiger partial charge in [0.25, 0.3) is 0 Å². The average Bonchev–Trinajstić information content (AvgIpc) is 3.71. The Kier molecular flexibility index (Phi) is 5.21. The topological polar surface area (TPSA) is 35.1 Å². The van der Waals surface area contributed by atoms with Gasteiger partial charge in [-0.1, -0.05) is 106 Å². The van der Waals surface area contributed by atoms with Crippen molar-refractivity contribution in [1.29, 1.82) is 0 Å². The second-order valence-corrected chi connectivity index (χ2v) is 19.0. The van der Waals surface area contributed by atoms with E-state index in [9.17, 15) is 0 Å². The molecule has 3 aromatic heterocycles. The lowest BCUT2D eigenvalue weighted by atomic mass is 9.81. The predicted octanol–water partition coefficient (Wildman–Crippen LogP) is 10.7. The third-order valence-corrected chi connectivity index (χ3v) is 14.8. The Balaban J connectivity index is 1.36. The van der Waals surface area contributed by atoms with E-state index in [1.165, 1.54) is 11.8 Å². The largest absolute Gasteiger partial charge is 0.278 e. The average molecular weight is 708 g/mol. The summed E-state index contributed by atoms with van der Waals surface area (Å²) in [5.74, 6) is 0.635. The van der Waals surface area contributed by atoms with Gasteiger partial charge in [0.1, 0.15) is 13.1 Å². The number of hydrogen-bond donors (Lipinski definition) is 0. The summed E-state index contributed by atoms with van der Waals surface area (Å²) in [6.45, 7) is 2.64. The maximum Gasteiger partial charge on any atom is 0.220 e. The maximum absolute atomic E-state index is 8.92. The summed E-state index contributed by atoms with van der Waals surface area (Å²) in [6, 6.07) is 31.9. The SMILES string of the molecule is [2H]C([2H])([2H])c1ccc(-c2c(C(C)(C)C)ccc3c2Sc2ncccc2[Si]3(C)C([2H])([2H])[2H])cc1-c1cc(-n2c3ccccc3n3c4cccc(C)c4nc23)ccc1C([2H])([2H])[2H]. The standard InChI is InChI=1S/C45H42N4SSi/c1-27-18-20-30(40-34(45(4,5)6)22-23-38-42(40)50-43-39(51(38,7)8)17-12-24-46-43)25-32(27)33-26-31(21-19-28(33)2)48-35-14-9-10-15-36(35)49-37-16-11-13-29(3)41(37)47-44(48)49/h9-26H,1-8H3/i1D3,2D3,7D3. The molecule has 0 N–H and O–H groups in total. The molecule has 1 aliphatic heterocycles. The lowest BCUT2D eigenvalue weighted by Gasteiger charge is -2.36. The molecule has 4 nitrogen and oxygen atoms in total. The molecule has 0 aliphatic carbocycles. The fourth-order valence-electron chi connectivity index (χ4n) is 7.72. The van der Waals surface area contributed by atoms with Crippen molar-refractivity contribution in [3.8, 4) is 27.9 Å². The molecule has 5 aromatic carbocycles. The normalized spacial score (nSPS) is 19.2. The van der Waals surface area contributed by atoms with Crippen molar-refractivity contribution in [3.63, 3.8) is 0 Å². The minimum Gasteiger partial charge on any atom is -0.278 e. The van der Waals surface area contributed by atoms with Crippen LogP contribution in [0.4, 0.5) is 0 Å². The summed E-state index contributed by atoms with van der Waals surface area (Å²) in [5.41, 5.74) is 7.64. The van der Waals surface area contributed by atoms with Crippen molar-refractivity contribution in [3.05, 3.63) is 132 Å². The van der Waals surface area contributed by atoms with Gasteiger partial charge in [0.2, 0.25) is 5.78 Å². The number of fused-ring (bicyclic) bond motifs is 7. The summed E-state index contributed by atoms with van der Waals surface area (Å²) >= 11 is 1.44. The monoisotopic (exact) mass is 707 g/mol. The van der Waals surface area contributed by atoms with Crippen LogP contribution in [0.3, 0.4) is 0 Å². The molecule has 6 heteroatoms. The molecule has 0 radical (unpaired) electrons. The Hall–Kier alpha value is -4.91. The summed E-state index contributed by atoms with van der Waals surface area (Å²) < 4.78 is 83.3. The molecule has 4 heterocycles. The third kappa shape index (κ3) is 4.80. The van der Waals surface area contributed by atoms with Gasteiger partial charge in [0, 0.05) is 29.1 Å². The zero-order valence-corrected chi connectivity index (χ0v) is 30.9. The van der Waals surface area contributed by atoms with Crippen molar-refractivity contribution in [2.75, 3.05) is 0 Å². The lowest BCUT2D eigenvalue weighted by Crippen LogP contribution is -2.56. The van der Waals surface area contributed by atoms with Gasteiger partial charge >= 0.3 is 0 Å². The van der Waals surface area contributed by atoms with Gasteiger partial charge in [0.15, 0.2) is 0 Å². The second-order valence-electron chi connectivity index (χ2n) is 14.7. The highest BCUT2D eigenvalue weighted by molar-refractivity contribution is 8.00. The number of hydrogen-bond acceptors (Lipinski definition) is 3. The van der Waals surface area contributed by atoms with Gasteiger partial charge in [-0.2, -0.15) is 0 Å². The number of benzene rings is 5. The van der Waals surface area contributed by atoms with Crippen LogP contribution in [0.1, 0.15) is 55.4 Å². The number of para-hydroxylation sites is 3. The van der Waals surface area contributed by atoms with Crippen LogP contribution in [-0.4, -0.2) is 27.0 Å². The molecule has 9 rings (SSSR count). The third-order valence-electron chi connectivity index (χ3n) is 10.3. The van der Waals surface area contributed by atoms with Crippen molar-refractivity contribution in [2.45, 2.75) is 69.8 Å². The van der Waals surface area contributed by atoms with E-state index in [1.54, 1.807) is 48.7 Å². The minimum absolute atomic E-state index is 0.00191. The summed E-state index contributed by atoms with van der Waals surface area (Å²) in [7, 11) is -3.44. The van der Waals surface area contributed by atoms with Crippen LogP contribution in [0.2, 0.25) is 13.0 Å². The fraction of sp³-hybridized carbons (Fsp3) is 0.200. The van der Waals surface area contributed by atoms with E-state index < -0.39 is 33.7 Å². The van der Waals surface area contributed by atoms with Gasteiger partial charge in [-0.3, -0.25) is 8.97 Å². The predicted molar refractivity (Wildman–Crippen MR) is 218 cm³/mol. The number of aromatic nitrogens is 4.